The average Bonchev–Trinajstić information content (AvgIpc) is 2.18. The van der Waals surface area contributed by atoms with Crippen molar-refractivity contribution < 1.29 is 4.79 Å². The van der Waals surface area contributed by atoms with Crippen molar-refractivity contribution in [2.24, 2.45) is 5.73 Å². The minimum Gasteiger partial charge on any atom is -0.323 e. The van der Waals surface area contributed by atoms with Gasteiger partial charge in [0.2, 0.25) is 5.91 Å². The van der Waals surface area contributed by atoms with Crippen LogP contribution in [0.25, 0.3) is 0 Å². The van der Waals surface area contributed by atoms with E-state index < -0.39 is 5.54 Å². The fraction of sp³-hybridized carbons (Fsp3) is 0.400. The van der Waals surface area contributed by atoms with Crippen molar-refractivity contribution in [2.45, 2.75) is 24.8 Å². The number of anilines is 1. The van der Waals surface area contributed by atoms with Crippen LogP contribution in [-0.2, 0) is 4.79 Å². The van der Waals surface area contributed by atoms with Crippen molar-refractivity contribution in [3.63, 3.8) is 0 Å². The molecule has 1 saturated carbocycles. The summed E-state index contributed by atoms with van der Waals surface area (Å²) < 4.78 is 0. The van der Waals surface area contributed by atoms with E-state index in [4.69, 9.17) is 17.3 Å². The van der Waals surface area contributed by atoms with Crippen LogP contribution in [0.2, 0.25) is 5.15 Å². The smallest absolute Gasteiger partial charge is 0.244 e. The van der Waals surface area contributed by atoms with Crippen molar-refractivity contribution in [1.29, 1.82) is 0 Å². The normalized spacial score (nSPS) is 18.0. The van der Waals surface area contributed by atoms with Crippen LogP contribution in [0.5, 0.6) is 0 Å². The molecule has 1 aromatic heterocycles. The van der Waals surface area contributed by atoms with Gasteiger partial charge in [-0.3, -0.25) is 4.79 Å². The minimum atomic E-state index is -0.681. The lowest BCUT2D eigenvalue weighted by Gasteiger charge is -2.36. The van der Waals surface area contributed by atoms with Gasteiger partial charge in [0.15, 0.2) is 0 Å². The Kier molecular flexibility index (Phi) is 2.63. The monoisotopic (exact) mass is 225 g/mol. The number of nitrogens with two attached hydrogens (primary N) is 1. The molecule has 0 atom stereocenters. The molecule has 1 amide bonds. The summed E-state index contributed by atoms with van der Waals surface area (Å²) in [5, 5.41) is 3.13. The molecular weight excluding hydrogens is 214 g/mol. The quantitative estimate of drug-likeness (QED) is 0.751. The van der Waals surface area contributed by atoms with E-state index in [1.54, 1.807) is 12.1 Å². The van der Waals surface area contributed by atoms with Gasteiger partial charge in [0.05, 0.1) is 17.4 Å². The number of halogens is 1. The number of pyridine rings is 1. The predicted molar refractivity (Wildman–Crippen MR) is 58.6 cm³/mol. The van der Waals surface area contributed by atoms with Gasteiger partial charge in [-0.25, -0.2) is 4.98 Å². The molecule has 15 heavy (non-hydrogen) atoms. The Morgan fingerprint density at radius 1 is 1.53 bits per heavy atom. The third-order valence-corrected chi connectivity index (χ3v) is 2.91. The number of nitrogens with zero attached hydrogens (tertiary/aromatic N) is 1. The molecule has 0 unspecified atom stereocenters. The van der Waals surface area contributed by atoms with E-state index in [1.807, 2.05) is 0 Å². The zero-order valence-corrected chi connectivity index (χ0v) is 8.92. The minimum absolute atomic E-state index is 0.141. The van der Waals surface area contributed by atoms with Gasteiger partial charge in [-0.2, -0.15) is 0 Å². The molecule has 1 aliphatic carbocycles. The van der Waals surface area contributed by atoms with E-state index in [9.17, 15) is 4.79 Å². The highest BCUT2D eigenvalue weighted by Gasteiger charge is 2.40. The second-order valence-corrected chi connectivity index (χ2v) is 4.22. The van der Waals surface area contributed by atoms with Gasteiger partial charge in [-0.05, 0) is 31.4 Å². The number of hydrogen-bond acceptors (Lipinski definition) is 3. The topological polar surface area (TPSA) is 68.0 Å². The van der Waals surface area contributed by atoms with Crippen LogP contribution < -0.4 is 11.1 Å². The average molecular weight is 226 g/mol. The van der Waals surface area contributed by atoms with Gasteiger partial charge in [0.1, 0.15) is 5.15 Å². The summed E-state index contributed by atoms with van der Waals surface area (Å²) >= 11 is 5.63. The maximum Gasteiger partial charge on any atom is 0.244 e. The number of aromatic nitrogens is 1. The van der Waals surface area contributed by atoms with Crippen molar-refractivity contribution >= 4 is 23.2 Å². The summed E-state index contributed by atoms with van der Waals surface area (Å²) in [6.07, 6.45) is 4.03. The molecule has 0 aromatic carbocycles. The molecule has 1 fully saturated rings. The van der Waals surface area contributed by atoms with Crippen LogP contribution in [0.4, 0.5) is 5.69 Å². The van der Waals surface area contributed by atoms with Crippen LogP contribution in [0, 0.1) is 0 Å². The molecule has 0 spiro atoms. The Hall–Kier alpha value is -1.13. The van der Waals surface area contributed by atoms with Gasteiger partial charge >= 0.3 is 0 Å². The summed E-state index contributed by atoms with van der Waals surface area (Å²) in [5.74, 6) is -0.141. The fourth-order valence-corrected chi connectivity index (χ4v) is 1.60. The van der Waals surface area contributed by atoms with Crippen LogP contribution in [0.3, 0.4) is 0 Å². The van der Waals surface area contributed by atoms with Crippen LogP contribution >= 0.6 is 11.6 Å². The molecule has 80 valence electrons. The molecule has 0 radical (unpaired) electrons. The Balaban J connectivity index is 2.02. The Labute approximate surface area is 92.8 Å². The highest BCUT2D eigenvalue weighted by molar-refractivity contribution is 6.29. The molecule has 1 aromatic rings. The van der Waals surface area contributed by atoms with Crippen LogP contribution in [0.15, 0.2) is 18.3 Å². The van der Waals surface area contributed by atoms with E-state index in [2.05, 4.69) is 10.3 Å². The summed E-state index contributed by atoms with van der Waals surface area (Å²) in [5.41, 5.74) is 5.81. The lowest BCUT2D eigenvalue weighted by atomic mass is 9.77. The summed E-state index contributed by atoms with van der Waals surface area (Å²) in [4.78, 5) is 15.6. The fourth-order valence-electron chi connectivity index (χ4n) is 1.49. The first-order chi connectivity index (χ1) is 7.10. The molecule has 3 N–H and O–H groups in total. The van der Waals surface area contributed by atoms with E-state index in [1.165, 1.54) is 6.20 Å². The zero-order chi connectivity index (χ0) is 10.9. The first kappa shape index (κ1) is 10.4. The van der Waals surface area contributed by atoms with Gasteiger partial charge in [-0.15, -0.1) is 0 Å². The molecule has 4 nitrogen and oxygen atoms in total. The number of nitrogens with one attached hydrogen (secondary N) is 1. The Morgan fingerprint density at radius 3 is 2.73 bits per heavy atom. The highest BCUT2D eigenvalue weighted by atomic mass is 35.5. The molecular formula is C10H12ClN3O. The highest BCUT2D eigenvalue weighted by Crippen LogP contribution is 2.30. The van der Waals surface area contributed by atoms with Crippen LogP contribution in [0.1, 0.15) is 19.3 Å². The van der Waals surface area contributed by atoms with Gasteiger partial charge in [-0.1, -0.05) is 11.6 Å². The molecule has 5 heteroatoms. The van der Waals surface area contributed by atoms with E-state index in [0.29, 0.717) is 10.8 Å². The van der Waals surface area contributed by atoms with Gasteiger partial charge in [0.25, 0.3) is 0 Å². The maximum atomic E-state index is 11.7. The number of amides is 1. The van der Waals surface area contributed by atoms with Crippen LogP contribution in [-0.4, -0.2) is 16.4 Å². The maximum absolute atomic E-state index is 11.7. The zero-order valence-electron chi connectivity index (χ0n) is 8.16. The van der Waals surface area contributed by atoms with Crippen molar-refractivity contribution in [1.82, 2.24) is 4.98 Å². The lowest BCUT2D eigenvalue weighted by Crippen LogP contribution is -2.56. The third kappa shape index (κ3) is 2.11. The van der Waals surface area contributed by atoms with E-state index in [0.717, 1.165) is 19.3 Å². The number of carbonyl (C=O) groups excluding carboxylic acids is 1. The third-order valence-electron chi connectivity index (χ3n) is 2.68. The summed E-state index contributed by atoms with van der Waals surface area (Å²) in [6.45, 7) is 0. The Morgan fingerprint density at radius 2 is 2.27 bits per heavy atom. The second-order valence-electron chi connectivity index (χ2n) is 3.83. The number of hydrogen-bond donors (Lipinski definition) is 2. The molecule has 0 aliphatic heterocycles. The second kappa shape index (κ2) is 3.79. The summed E-state index contributed by atoms with van der Waals surface area (Å²) in [6, 6.07) is 3.33. The number of rotatable bonds is 2. The molecule has 1 aliphatic rings. The first-order valence-electron chi connectivity index (χ1n) is 4.82. The van der Waals surface area contributed by atoms with E-state index >= 15 is 0 Å². The first-order valence-corrected chi connectivity index (χ1v) is 5.20. The molecule has 1 heterocycles. The standard InChI is InChI=1S/C10H12ClN3O/c11-8-3-2-7(6-13-8)14-9(15)10(12)4-1-5-10/h2-3,6H,1,4-5,12H2,(H,14,15). The van der Waals surface area contributed by atoms with Crippen molar-refractivity contribution in [2.75, 3.05) is 5.32 Å². The number of carbonyl (C=O) groups is 1. The van der Waals surface area contributed by atoms with Crippen molar-refractivity contribution in [3.05, 3.63) is 23.5 Å². The molecule has 0 bridgehead atoms. The summed E-state index contributed by atoms with van der Waals surface area (Å²) in [7, 11) is 0. The molecule has 2 rings (SSSR count). The lowest BCUT2D eigenvalue weighted by molar-refractivity contribution is -0.123. The van der Waals surface area contributed by atoms with Crippen molar-refractivity contribution in [3.8, 4) is 0 Å². The SMILES string of the molecule is NC1(C(=O)Nc2ccc(Cl)nc2)CCC1. The van der Waals surface area contributed by atoms with Gasteiger partial charge in [0, 0.05) is 0 Å². The Bertz CT molecular complexity index is 373. The van der Waals surface area contributed by atoms with Gasteiger partial charge < -0.3 is 11.1 Å². The van der Waals surface area contributed by atoms with E-state index in [-0.39, 0.29) is 5.91 Å². The largest absolute Gasteiger partial charge is 0.323 e. The predicted octanol–water partition coefficient (Wildman–Crippen LogP) is 1.55. The molecule has 0 saturated heterocycles.